The zero-order valence-electron chi connectivity index (χ0n) is 25.2. The van der Waals surface area contributed by atoms with E-state index in [2.05, 4.69) is 25.8 Å². The Balaban J connectivity index is 1.08. The van der Waals surface area contributed by atoms with Gasteiger partial charge in [-0.05, 0) is 43.4 Å². The molecule has 1 saturated carbocycles. The van der Waals surface area contributed by atoms with Crippen LogP contribution >= 0.6 is 11.3 Å². The zero-order chi connectivity index (χ0) is 30.4. The Morgan fingerprint density at radius 1 is 0.977 bits per heavy atom. The smallest absolute Gasteiger partial charge is 0.252 e. The summed E-state index contributed by atoms with van der Waals surface area (Å²) < 4.78 is 5.52. The molecule has 1 aliphatic carbocycles. The average molecular weight is 618 g/mol. The number of aliphatic hydroxyl groups excluding tert-OH is 1. The average Bonchev–Trinajstić information content (AvgIpc) is 3.59. The fraction of sp³-hybridized carbons (Fsp3) is 0.500. The van der Waals surface area contributed by atoms with E-state index >= 15 is 0 Å². The second-order valence-corrected chi connectivity index (χ2v) is 13.0. The Labute approximate surface area is 263 Å². The third kappa shape index (κ3) is 6.99. The second-order valence-electron chi connectivity index (χ2n) is 12.2. The summed E-state index contributed by atoms with van der Waals surface area (Å²) in [7, 11) is 0. The maximum absolute atomic E-state index is 13.6. The summed E-state index contributed by atoms with van der Waals surface area (Å²) in [6.07, 6.45) is 6.18. The maximum Gasteiger partial charge on any atom is 0.252 e. The van der Waals surface area contributed by atoms with Gasteiger partial charge in [0.25, 0.3) is 5.91 Å². The van der Waals surface area contributed by atoms with Crippen LogP contribution in [0.2, 0.25) is 0 Å². The summed E-state index contributed by atoms with van der Waals surface area (Å²) in [6.45, 7) is 5.55. The van der Waals surface area contributed by atoms with E-state index in [4.69, 9.17) is 9.72 Å². The first-order chi connectivity index (χ1) is 21.5. The molecule has 2 saturated heterocycles. The molecule has 3 aromatic rings. The number of rotatable bonds is 9. The molecule has 1 unspecified atom stereocenters. The highest BCUT2D eigenvalue weighted by Crippen LogP contribution is 2.32. The Bertz CT molecular complexity index is 1380. The molecule has 3 N–H and O–H groups in total. The van der Waals surface area contributed by atoms with Crippen LogP contribution in [0.5, 0.6) is 0 Å². The number of aromatic nitrogens is 1. The third-order valence-corrected chi connectivity index (χ3v) is 10.3. The summed E-state index contributed by atoms with van der Waals surface area (Å²) in [6, 6.07) is 17.0. The van der Waals surface area contributed by atoms with Crippen molar-refractivity contribution in [1.82, 2.24) is 20.5 Å². The number of ether oxygens (including phenoxy) is 1. The minimum atomic E-state index is -1.00. The number of amides is 2. The van der Waals surface area contributed by atoms with Crippen LogP contribution in [0, 0.1) is 0 Å². The number of morpholine rings is 1. The normalized spacial score (nSPS) is 20.2. The van der Waals surface area contributed by atoms with Crippen molar-refractivity contribution in [2.24, 2.45) is 0 Å². The Morgan fingerprint density at radius 2 is 1.68 bits per heavy atom. The quantitative estimate of drug-likeness (QED) is 0.327. The number of benzene rings is 2. The number of hydrogen-bond donors (Lipinski definition) is 3. The van der Waals surface area contributed by atoms with Gasteiger partial charge in [-0.3, -0.25) is 14.5 Å². The van der Waals surface area contributed by atoms with E-state index in [1.54, 1.807) is 11.3 Å². The molecule has 3 heterocycles. The standard InChI is InChI=1S/C34H43N5O4S/c40-23-29(25-7-3-1-4-8-25)35-32(42)34(15-5-2-6-16-34)37-31(41)27-11-9-26(10-12-27)30-24-44-33(36-30)39-17-13-28(14-18-39)38-19-21-43-22-20-38/h1,3-4,7-12,24,28-29,40H,2,5-6,13-23H2,(H,35,42)(H,37,41). The number of piperidine rings is 1. The molecule has 6 rings (SSSR count). The van der Waals surface area contributed by atoms with Crippen LogP contribution in [-0.2, 0) is 9.53 Å². The van der Waals surface area contributed by atoms with E-state index in [-0.39, 0.29) is 18.4 Å². The summed E-state index contributed by atoms with van der Waals surface area (Å²) in [5, 5.41) is 19.3. The number of nitrogens with zero attached hydrogens (tertiary/aromatic N) is 3. The minimum absolute atomic E-state index is 0.216. The topological polar surface area (TPSA) is 107 Å². The van der Waals surface area contributed by atoms with Crippen LogP contribution in [0.25, 0.3) is 11.3 Å². The highest BCUT2D eigenvalue weighted by atomic mass is 32.1. The molecule has 1 aromatic heterocycles. The molecule has 0 radical (unpaired) electrons. The highest BCUT2D eigenvalue weighted by Gasteiger charge is 2.42. The predicted molar refractivity (Wildman–Crippen MR) is 173 cm³/mol. The lowest BCUT2D eigenvalue weighted by Gasteiger charge is -2.40. The van der Waals surface area contributed by atoms with Crippen LogP contribution in [-0.4, -0.2) is 84.4 Å². The van der Waals surface area contributed by atoms with Crippen molar-refractivity contribution in [3.63, 3.8) is 0 Å². The van der Waals surface area contributed by atoms with Gasteiger partial charge in [0.15, 0.2) is 5.13 Å². The lowest BCUT2D eigenvalue weighted by Crippen LogP contribution is -2.60. The lowest BCUT2D eigenvalue weighted by atomic mass is 9.80. The van der Waals surface area contributed by atoms with Gasteiger partial charge in [0.2, 0.25) is 5.91 Å². The van der Waals surface area contributed by atoms with Crippen LogP contribution < -0.4 is 15.5 Å². The van der Waals surface area contributed by atoms with Crippen LogP contribution in [0.1, 0.15) is 66.9 Å². The molecule has 9 nitrogen and oxygen atoms in total. The molecule has 3 aliphatic rings. The van der Waals surface area contributed by atoms with Gasteiger partial charge in [0.05, 0.1) is 31.6 Å². The van der Waals surface area contributed by atoms with E-state index < -0.39 is 11.6 Å². The Hall–Kier alpha value is -3.31. The highest BCUT2D eigenvalue weighted by molar-refractivity contribution is 7.14. The lowest BCUT2D eigenvalue weighted by molar-refractivity contribution is -0.129. The SMILES string of the molecule is O=C(NC1(C(=O)NC(CO)c2ccccc2)CCCCC1)c1ccc(-c2csc(N3CCC(N4CCOCC4)CC3)n2)cc1. The van der Waals surface area contributed by atoms with Crippen molar-refractivity contribution in [1.29, 1.82) is 0 Å². The molecular formula is C34H43N5O4S. The van der Waals surface area contributed by atoms with Crippen molar-refractivity contribution in [2.75, 3.05) is 50.9 Å². The zero-order valence-corrected chi connectivity index (χ0v) is 26.1. The third-order valence-electron chi connectivity index (χ3n) is 9.42. The van der Waals surface area contributed by atoms with E-state index in [1.807, 2.05) is 54.6 Å². The van der Waals surface area contributed by atoms with Gasteiger partial charge < -0.3 is 25.4 Å². The number of carbonyl (C=O) groups excluding carboxylic acids is 2. The Kier molecular flexibility index (Phi) is 9.91. The van der Waals surface area contributed by atoms with Gasteiger partial charge in [-0.25, -0.2) is 4.98 Å². The fourth-order valence-electron chi connectivity index (χ4n) is 6.77. The largest absolute Gasteiger partial charge is 0.394 e. The van der Waals surface area contributed by atoms with E-state index in [9.17, 15) is 14.7 Å². The molecule has 3 fully saturated rings. The fourth-order valence-corrected chi connectivity index (χ4v) is 7.66. The first-order valence-electron chi connectivity index (χ1n) is 16.0. The van der Waals surface area contributed by atoms with Gasteiger partial charge in [0, 0.05) is 48.7 Å². The van der Waals surface area contributed by atoms with Gasteiger partial charge in [-0.15, -0.1) is 11.3 Å². The minimum Gasteiger partial charge on any atom is -0.394 e. The molecule has 44 heavy (non-hydrogen) atoms. The first kappa shape index (κ1) is 30.7. The van der Waals surface area contributed by atoms with Gasteiger partial charge >= 0.3 is 0 Å². The van der Waals surface area contributed by atoms with Crippen molar-refractivity contribution < 1.29 is 19.4 Å². The molecule has 0 spiro atoms. The number of thiazole rings is 1. The summed E-state index contributed by atoms with van der Waals surface area (Å²) in [4.78, 5) is 37.0. The van der Waals surface area contributed by atoms with Crippen molar-refractivity contribution in [2.45, 2.75) is 62.6 Å². The number of nitrogens with one attached hydrogen (secondary N) is 2. The van der Waals surface area contributed by atoms with Crippen LogP contribution in [0.15, 0.2) is 60.0 Å². The van der Waals surface area contributed by atoms with Crippen molar-refractivity contribution in [3.05, 3.63) is 71.1 Å². The number of aliphatic hydroxyl groups is 1. The van der Waals surface area contributed by atoms with Crippen LogP contribution in [0.4, 0.5) is 5.13 Å². The monoisotopic (exact) mass is 617 g/mol. The van der Waals surface area contributed by atoms with Gasteiger partial charge in [-0.2, -0.15) is 0 Å². The molecule has 2 aliphatic heterocycles. The molecule has 234 valence electrons. The van der Waals surface area contributed by atoms with Gasteiger partial charge in [-0.1, -0.05) is 61.7 Å². The van der Waals surface area contributed by atoms with Crippen LogP contribution in [0.3, 0.4) is 0 Å². The van der Waals surface area contributed by atoms with Crippen molar-refractivity contribution >= 4 is 28.3 Å². The van der Waals surface area contributed by atoms with E-state index in [1.165, 1.54) is 0 Å². The van der Waals surface area contributed by atoms with Gasteiger partial charge in [0.1, 0.15) is 5.54 Å². The molecule has 0 bridgehead atoms. The molecular weight excluding hydrogens is 574 g/mol. The summed E-state index contributed by atoms with van der Waals surface area (Å²) >= 11 is 1.67. The Morgan fingerprint density at radius 3 is 2.36 bits per heavy atom. The number of anilines is 1. The number of hydrogen-bond acceptors (Lipinski definition) is 8. The molecule has 2 amide bonds. The number of carbonyl (C=O) groups is 2. The summed E-state index contributed by atoms with van der Waals surface area (Å²) in [5.41, 5.74) is 2.21. The van der Waals surface area contributed by atoms with Crippen molar-refractivity contribution in [3.8, 4) is 11.3 Å². The van der Waals surface area contributed by atoms with E-state index in [0.29, 0.717) is 24.4 Å². The predicted octanol–water partition coefficient (Wildman–Crippen LogP) is 4.39. The molecule has 10 heteroatoms. The van der Waals surface area contributed by atoms with E-state index in [0.717, 1.165) is 93.4 Å². The maximum atomic E-state index is 13.6. The molecule has 2 aromatic carbocycles. The molecule has 1 atom stereocenters. The summed E-state index contributed by atoms with van der Waals surface area (Å²) in [5.74, 6) is -0.509. The second kappa shape index (κ2) is 14.2. The first-order valence-corrected chi connectivity index (χ1v) is 16.8.